The maximum atomic E-state index is 13.4. The number of aromatic nitrogens is 7. The fourth-order valence-electron chi connectivity index (χ4n) is 4.81. The zero-order chi connectivity index (χ0) is 30.7. The molecule has 5 aromatic rings. The van der Waals surface area contributed by atoms with Crippen molar-refractivity contribution in [2.45, 2.75) is 33.0 Å². The molecular weight excluding hydrogens is 562 g/mol. The van der Waals surface area contributed by atoms with Gasteiger partial charge in [0.1, 0.15) is 28.6 Å². The molecule has 0 spiro atoms. The summed E-state index contributed by atoms with van der Waals surface area (Å²) in [6.07, 6.45) is 3.88. The summed E-state index contributed by atoms with van der Waals surface area (Å²) in [5, 5.41) is 12.5. The molecule has 0 radical (unpaired) electrons. The van der Waals surface area contributed by atoms with Gasteiger partial charge in [-0.05, 0) is 37.6 Å². The molecule has 5 rings (SSSR count). The molecule has 0 fully saturated rings. The van der Waals surface area contributed by atoms with Crippen molar-refractivity contribution in [2.75, 3.05) is 20.8 Å². The van der Waals surface area contributed by atoms with Gasteiger partial charge in [0.15, 0.2) is 5.82 Å². The lowest BCUT2D eigenvalue weighted by Gasteiger charge is -2.12. The Kier molecular flexibility index (Phi) is 8.66. The number of benzene rings is 1. The third-order valence-electron chi connectivity index (χ3n) is 6.92. The Morgan fingerprint density at radius 3 is 2.65 bits per heavy atom. The van der Waals surface area contributed by atoms with Crippen molar-refractivity contribution in [3.8, 4) is 34.4 Å². The first kappa shape index (κ1) is 29.6. The summed E-state index contributed by atoms with van der Waals surface area (Å²) >= 11 is 0. The number of carbonyl (C=O) groups is 1. The van der Waals surface area contributed by atoms with Crippen molar-refractivity contribution in [2.24, 2.45) is 14.1 Å². The van der Waals surface area contributed by atoms with Gasteiger partial charge in [-0.25, -0.2) is 9.97 Å². The van der Waals surface area contributed by atoms with Crippen LogP contribution in [0.2, 0.25) is 0 Å². The van der Waals surface area contributed by atoms with Gasteiger partial charge in [0.2, 0.25) is 0 Å². The predicted molar refractivity (Wildman–Crippen MR) is 154 cm³/mol. The number of carbonyl (C=O) groups excluding carboxylic acids is 1. The minimum atomic E-state index is -2.81. The largest absolute Gasteiger partial charge is 0.497 e. The van der Waals surface area contributed by atoms with Crippen LogP contribution in [0, 0.1) is 6.92 Å². The number of fused-ring (bicyclic) bond motifs is 1. The van der Waals surface area contributed by atoms with Crippen LogP contribution in [0.15, 0.2) is 42.7 Å². The number of nitrogens with zero attached hydrogens (tertiary/aromatic N) is 7. The van der Waals surface area contributed by atoms with Crippen molar-refractivity contribution < 1.29 is 27.8 Å². The number of aryl methyl sites for hydroxylation is 4. The van der Waals surface area contributed by atoms with Crippen LogP contribution in [-0.4, -0.2) is 67.4 Å². The maximum absolute atomic E-state index is 13.4. The Morgan fingerprint density at radius 1 is 1.09 bits per heavy atom. The van der Waals surface area contributed by atoms with Gasteiger partial charge in [0, 0.05) is 50.4 Å². The van der Waals surface area contributed by atoms with Gasteiger partial charge < -0.3 is 24.1 Å². The van der Waals surface area contributed by atoms with E-state index >= 15 is 0 Å². The van der Waals surface area contributed by atoms with Crippen LogP contribution in [0.4, 0.5) is 8.78 Å². The highest BCUT2D eigenvalue weighted by molar-refractivity contribution is 5.99. The van der Waals surface area contributed by atoms with Crippen LogP contribution >= 0.6 is 0 Å². The lowest BCUT2D eigenvalue weighted by molar-refractivity contribution is -0.129. The van der Waals surface area contributed by atoms with Gasteiger partial charge in [-0.15, -0.1) is 0 Å². The normalized spacial score (nSPS) is 11.4. The van der Waals surface area contributed by atoms with E-state index in [0.29, 0.717) is 47.2 Å². The third kappa shape index (κ3) is 6.33. The molecule has 12 nitrogen and oxygen atoms in total. The summed E-state index contributed by atoms with van der Waals surface area (Å²) in [7, 11) is 6.76. The van der Waals surface area contributed by atoms with Gasteiger partial charge in [0.05, 0.1) is 43.9 Å². The summed E-state index contributed by atoms with van der Waals surface area (Å²) in [6, 6.07) is 8.95. The number of methoxy groups -OCH3 is 2. The summed E-state index contributed by atoms with van der Waals surface area (Å²) in [6.45, 7) is -0.458. The topological polar surface area (TPSA) is 123 Å². The zero-order valence-electron chi connectivity index (χ0n) is 24.5. The van der Waals surface area contributed by atoms with Crippen molar-refractivity contribution >= 4 is 16.8 Å². The van der Waals surface area contributed by atoms with Crippen molar-refractivity contribution in [1.82, 2.24) is 39.4 Å². The zero-order valence-corrected chi connectivity index (χ0v) is 24.5. The summed E-state index contributed by atoms with van der Waals surface area (Å²) in [5.74, 6) is 1.38. The first-order valence-corrected chi connectivity index (χ1v) is 13.5. The molecule has 0 bridgehead atoms. The molecule has 1 amide bonds. The van der Waals surface area contributed by atoms with Crippen molar-refractivity contribution in [3.05, 3.63) is 59.7 Å². The fraction of sp³-hybridized carbons (Fsp3) is 0.345. The first-order chi connectivity index (χ1) is 20.7. The van der Waals surface area contributed by atoms with E-state index < -0.39 is 6.61 Å². The second kappa shape index (κ2) is 12.6. The molecule has 0 saturated carbocycles. The Labute approximate surface area is 246 Å². The smallest absolute Gasteiger partial charge is 0.345 e. The standard InChI is InChI=1S/C29H32F2N8O4/c1-17-11-24(39(36-17)9-6-10-43-29(30)31)22-16-37(2)27(35-22)26-20-15-33-38(3)23(20)13-21(34-26)28(40)32-14-18-7-8-19(41-4)12-25(18)42-5/h7-8,11-13,15-16,29H,6,9-10,14H2,1-5H3,(H,32,40). The Bertz CT molecular complexity index is 1760. The van der Waals surface area contributed by atoms with E-state index in [1.165, 1.54) is 0 Å². The predicted octanol–water partition coefficient (Wildman–Crippen LogP) is 4.12. The summed E-state index contributed by atoms with van der Waals surface area (Å²) < 4.78 is 45.1. The van der Waals surface area contributed by atoms with E-state index in [0.717, 1.165) is 22.3 Å². The average molecular weight is 595 g/mol. The van der Waals surface area contributed by atoms with E-state index in [-0.39, 0.29) is 24.8 Å². The van der Waals surface area contributed by atoms with E-state index in [1.54, 1.807) is 55.0 Å². The lowest BCUT2D eigenvalue weighted by atomic mass is 10.1. The van der Waals surface area contributed by atoms with E-state index in [4.69, 9.17) is 19.4 Å². The minimum Gasteiger partial charge on any atom is -0.497 e. The lowest BCUT2D eigenvalue weighted by Crippen LogP contribution is -2.24. The number of imidazole rings is 1. The maximum Gasteiger partial charge on any atom is 0.345 e. The molecule has 0 aliphatic carbocycles. The first-order valence-electron chi connectivity index (χ1n) is 13.5. The second-order valence-corrected chi connectivity index (χ2v) is 9.86. The molecule has 0 aliphatic rings. The van der Waals surface area contributed by atoms with Gasteiger partial charge in [-0.2, -0.15) is 19.0 Å². The van der Waals surface area contributed by atoms with Crippen LogP contribution in [-0.2, 0) is 31.9 Å². The highest BCUT2D eigenvalue weighted by atomic mass is 19.3. The van der Waals surface area contributed by atoms with Gasteiger partial charge in [-0.3, -0.25) is 14.2 Å². The van der Waals surface area contributed by atoms with Gasteiger partial charge in [0.25, 0.3) is 5.91 Å². The van der Waals surface area contributed by atoms with E-state index in [2.05, 4.69) is 20.3 Å². The summed E-state index contributed by atoms with van der Waals surface area (Å²) in [5.41, 5.74) is 4.27. The van der Waals surface area contributed by atoms with Crippen LogP contribution in [0.25, 0.3) is 33.8 Å². The number of hydrogen-bond donors (Lipinski definition) is 1. The summed E-state index contributed by atoms with van der Waals surface area (Å²) in [4.78, 5) is 23.0. The molecule has 4 aromatic heterocycles. The molecule has 43 heavy (non-hydrogen) atoms. The number of halogens is 2. The fourth-order valence-corrected chi connectivity index (χ4v) is 4.81. The average Bonchev–Trinajstić information content (AvgIpc) is 3.69. The van der Waals surface area contributed by atoms with Crippen molar-refractivity contribution in [3.63, 3.8) is 0 Å². The number of nitrogens with one attached hydrogen (secondary N) is 1. The van der Waals surface area contributed by atoms with Crippen LogP contribution < -0.4 is 14.8 Å². The van der Waals surface area contributed by atoms with E-state index in [9.17, 15) is 13.6 Å². The van der Waals surface area contributed by atoms with Crippen LogP contribution in [0.3, 0.4) is 0 Å². The third-order valence-corrected chi connectivity index (χ3v) is 6.92. The Morgan fingerprint density at radius 2 is 1.91 bits per heavy atom. The quantitative estimate of drug-likeness (QED) is 0.214. The number of amides is 1. The molecule has 226 valence electrons. The molecule has 4 heterocycles. The molecule has 1 N–H and O–H groups in total. The molecule has 0 unspecified atom stereocenters. The molecule has 0 aliphatic heterocycles. The number of pyridine rings is 1. The number of ether oxygens (including phenoxy) is 3. The molecule has 0 atom stereocenters. The highest BCUT2D eigenvalue weighted by Gasteiger charge is 2.21. The Hall–Kier alpha value is -4.85. The molecule has 14 heteroatoms. The molecular formula is C29H32F2N8O4. The second-order valence-electron chi connectivity index (χ2n) is 9.86. The molecule has 0 saturated heterocycles. The number of rotatable bonds is 12. The van der Waals surface area contributed by atoms with Crippen molar-refractivity contribution in [1.29, 1.82) is 0 Å². The Balaban J connectivity index is 1.45. The van der Waals surface area contributed by atoms with Crippen LogP contribution in [0.1, 0.15) is 28.2 Å². The van der Waals surface area contributed by atoms with Gasteiger partial charge in [-0.1, -0.05) is 0 Å². The van der Waals surface area contributed by atoms with E-state index in [1.807, 2.05) is 36.9 Å². The monoisotopic (exact) mass is 594 g/mol. The highest BCUT2D eigenvalue weighted by Crippen LogP contribution is 2.30. The number of hydrogen-bond acceptors (Lipinski definition) is 8. The minimum absolute atomic E-state index is 0.0908. The van der Waals surface area contributed by atoms with Gasteiger partial charge >= 0.3 is 6.61 Å². The SMILES string of the molecule is COc1ccc(CNC(=O)c2cc3c(cnn3C)c(-c3nc(-c4cc(C)nn4CCCOC(F)F)cn3C)n2)c(OC)c1. The number of alkyl halides is 2. The van der Waals surface area contributed by atoms with Crippen LogP contribution in [0.5, 0.6) is 11.5 Å². The molecule has 1 aromatic carbocycles.